The Morgan fingerprint density at radius 1 is 1.12 bits per heavy atom. The second kappa shape index (κ2) is 7.70. The number of carbonyl (C=O) groups is 2. The molecule has 0 saturated carbocycles. The number of amides is 3. The van der Waals surface area contributed by atoms with Crippen LogP contribution in [0.2, 0.25) is 0 Å². The van der Waals surface area contributed by atoms with Crippen molar-refractivity contribution in [2.45, 2.75) is 19.8 Å². The maximum absolute atomic E-state index is 12.2. The van der Waals surface area contributed by atoms with Crippen LogP contribution in [0, 0.1) is 0 Å². The van der Waals surface area contributed by atoms with Crippen LogP contribution in [-0.4, -0.2) is 25.1 Å². The van der Waals surface area contributed by atoms with Gasteiger partial charge in [0.25, 0.3) is 0 Å². The van der Waals surface area contributed by atoms with Crippen molar-refractivity contribution in [1.82, 2.24) is 0 Å². The summed E-state index contributed by atoms with van der Waals surface area (Å²) in [6, 6.07) is 14.1. The molecule has 0 bridgehead atoms. The lowest BCUT2D eigenvalue weighted by molar-refractivity contribution is -0.117. The highest BCUT2D eigenvalue weighted by molar-refractivity contribution is 6.01. The van der Waals surface area contributed by atoms with Gasteiger partial charge in [-0.05, 0) is 55.8 Å². The van der Waals surface area contributed by atoms with Gasteiger partial charge in [0, 0.05) is 30.0 Å². The average Bonchev–Trinajstić information content (AvgIpc) is 3.03. The second-order valence-electron chi connectivity index (χ2n) is 5.74. The summed E-state index contributed by atoms with van der Waals surface area (Å²) in [4.78, 5) is 25.7. The van der Waals surface area contributed by atoms with Crippen LogP contribution in [0.25, 0.3) is 0 Å². The zero-order valence-corrected chi connectivity index (χ0v) is 14.1. The number of urea groups is 1. The molecule has 2 N–H and O–H groups in total. The third-order valence-electron chi connectivity index (χ3n) is 3.91. The van der Waals surface area contributed by atoms with Crippen molar-refractivity contribution in [2.75, 3.05) is 28.7 Å². The van der Waals surface area contributed by atoms with Crippen molar-refractivity contribution in [3.63, 3.8) is 0 Å². The molecule has 6 nitrogen and oxygen atoms in total. The summed E-state index contributed by atoms with van der Waals surface area (Å²) < 4.78 is 5.37. The number of carbonyl (C=O) groups excluding carboxylic acids is 2. The van der Waals surface area contributed by atoms with Crippen molar-refractivity contribution in [1.29, 1.82) is 0 Å². The highest BCUT2D eigenvalue weighted by Gasteiger charge is 2.21. The third kappa shape index (κ3) is 4.29. The summed E-state index contributed by atoms with van der Waals surface area (Å²) in [7, 11) is 0. The van der Waals surface area contributed by atoms with Gasteiger partial charge in [0.15, 0.2) is 0 Å². The normalized spacial score (nSPS) is 13.6. The van der Waals surface area contributed by atoms with E-state index in [1.807, 2.05) is 19.1 Å². The van der Waals surface area contributed by atoms with E-state index in [1.54, 1.807) is 41.3 Å². The smallest absolute Gasteiger partial charge is 0.323 e. The van der Waals surface area contributed by atoms with Gasteiger partial charge in [-0.15, -0.1) is 0 Å². The van der Waals surface area contributed by atoms with E-state index in [-0.39, 0.29) is 11.9 Å². The van der Waals surface area contributed by atoms with Crippen LogP contribution in [0.5, 0.6) is 5.75 Å². The van der Waals surface area contributed by atoms with Gasteiger partial charge in [0.05, 0.1) is 6.61 Å². The first-order chi connectivity index (χ1) is 12.2. The molecular weight excluding hydrogens is 318 g/mol. The summed E-state index contributed by atoms with van der Waals surface area (Å²) in [6.07, 6.45) is 1.45. The summed E-state index contributed by atoms with van der Waals surface area (Å²) in [5, 5.41) is 5.56. The van der Waals surface area contributed by atoms with Gasteiger partial charge in [0.2, 0.25) is 5.91 Å². The molecule has 0 aromatic heterocycles. The molecule has 0 spiro atoms. The number of hydrogen-bond donors (Lipinski definition) is 2. The molecule has 2 aromatic rings. The van der Waals surface area contributed by atoms with Gasteiger partial charge in [-0.1, -0.05) is 6.07 Å². The number of nitrogens with zero attached hydrogens (tertiary/aromatic N) is 1. The minimum Gasteiger partial charge on any atom is -0.494 e. The quantitative estimate of drug-likeness (QED) is 0.869. The number of ether oxygens (including phenoxy) is 1. The lowest BCUT2D eigenvalue weighted by atomic mass is 10.2. The third-order valence-corrected chi connectivity index (χ3v) is 3.91. The molecule has 0 unspecified atom stereocenters. The van der Waals surface area contributed by atoms with Crippen LogP contribution < -0.4 is 20.3 Å². The number of anilines is 3. The Bertz CT molecular complexity index is 759. The molecule has 3 rings (SSSR count). The molecule has 1 saturated heterocycles. The molecular formula is C19H21N3O3. The van der Waals surface area contributed by atoms with Gasteiger partial charge in [0.1, 0.15) is 5.75 Å². The van der Waals surface area contributed by atoms with E-state index in [0.29, 0.717) is 24.4 Å². The fraction of sp³-hybridized carbons (Fsp3) is 0.263. The summed E-state index contributed by atoms with van der Waals surface area (Å²) in [5.74, 6) is 0.882. The number of nitrogens with one attached hydrogen (secondary N) is 2. The Labute approximate surface area is 146 Å². The Morgan fingerprint density at radius 3 is 2.56 bits per heavy atom. The van der Waals surface area contributed by atoms with E-state index < -0.39 is 0 Å². The Hall–Kier alpha value is -3.02. The van der Waals surface area contributed by atoms with Crippen LogP contribution in [-0.2, 0) is 4.79 Å². The first-order valence-electron chi connectivity index (χ1n) is 8.37. The van der Waals surface area contributed by atoms with Crippen molar-refractivity contribution < 1.29 is 14.3 Å². The monoisotopic (exact) mass is 339 g/mol. The van der Waals surface area contributed by atoms with Gasteiger partial charge in [-0.3, -0.25) is 4.79 Å². The zero-order chi connectivity index (χ0) is 17.6. The first kappa shape index (κ1) is 16.8. The summed E-state index contributed by atoms with van der Waals surface area (Å²) in [6.45, 7) is 3.24. The molecule has 1 fully saturated rings. The summed E-state index contributed by atoms with van der Waals surface area (Å²) in [5.41, 5.74) is 2.12. The molecule has 25 heavy (non-hydrogen) atoms. The van der Waals surface area contributed by atoms with E-state index in [2.05, 4.69) is 10.6 Å². The largest absolute Gasteiger partial charge is 0.494 e. The predicted molar refractivity (Wildman–Crippen MR) is 98.3 cm³/mol. The number of hydrogen-bond acceptors (Lipinski definition) is 3. The minimum atomic E-state index is -0.339. The Morgan fingerprint density at radius 2 is 1.88 bits per heavy atom. The summed E-state index contributed by atoms with van der Waals surface area (Å²) >= 11 is 0. The molecule has 1 aliphatic heterocycles. The van der Waals surface area contributed by atoms with Crippen LogP contribution in [0.15, 0.2) is 48.5 Å². The van der Waals surface area contributed by atoms with E-state index in [1.165, 1.54) is 0 Å². The maximum atomic E-state index is 12.2. The molecule has 0 radical (unpaired) electrons. The van der Waals surface area contributed by atoms with Crippen LogP contribution in [0.1, 0.15) is 19.8 Å². The molecule has 130 valence electrons. The predicted octanol–water partition coefficient (Wildman–Crippen LogP) is 3.86. The highest BCUT2D eigenvalue weighted by atomic mass is 16.5. The van der Waals surface area contributed by atoms with Crippen LogP contribution >= 0.6 is 0 Å². The van der Waals surface area contributed by atoms with Crippen molar-refractivity contribution in [2.24, 2.45) is 0 Å². The van der Waals surface area contributed by atoms with E-state index in [4.69, 9.17) is 4.74 Å². The SMILES string of the molecule is CCOc1ccc(NC(=O)Nc2cccc(N3CCCC3=O)c2)cc1. The van der Waals surface area contributed by atoms with Crippen molar-refractivity contribution >= 4 is 29.0 Å². The molecule has 6 heteroatoms. The zero-order valence-electron chi connectivity index (χ0n) is 14.1. The highest BCUT2D eigenvalue weighted by Crippen LogP contribution is 2.24. The molecule has 0 atom stereocenters. The average molecular weight is 339 g/mol. The van der Waals surface area contributed by atoms with Gasteiger partial charge >= 0.3 is 6.03 Å². The van der Waals surface area contributed by atoms with Crippen molar-refractivity contribution in [3.05, 3.63) is 48.5 Å². The Balaban J connectivity index is 1.61. The molecule has 1 aliphatic rings. The fourth-order valence-corrected chi connectivity index (χ4v) is 2.77. The molecule has 3 amide bonds. The van der Waals surface area contributed by atoms with Gasteiger partial charge in [-0.25, -0.2) is 4.79 Å². The van der Waals surface area contributed by atoms with Gasteiger partial charge < -0.3 is 20.3 Å². The Kier molecular flexibility index (Phi) is 5.18. The van der Waals surface area contributed by atoms with Crippen LogP contribution in [0.4, 0.5) is 21.9 Å². The minimum absolute atomic E-state index is 0.121. The lowest BCUT2D eigenvalue weighted by Crippen LogP contribution is -2.24. The fourth-order valence-electron chi connectivity index (χ4n) is 2.77. The molecule has 1 heterocycles. The standard InChI is InChI=1S/C19H21N3O3/c1-2-25-17-10-8-14(9-11-17)20-19(24)21-15-5-3-6-16(13-15)22-12-4-7-18(22)23/h3,5-6,8-11,13H,2,4,7,12H2,1H3,(H2,20,21,24). The van der Waals surface area contributed by atoms with E-state index >= 15 is 0 Å². The number of benzene rings is 2. The van der Waals surface area contributed by atoms with Crippen molar-refractivity contribution in [3.8, 4) is 5.75 Å². The second-order valence-corrected chi connectivity index (χ2v) is 5.74. The number of rotatable bonds is 5. The van der Waals surface area contributed by atoms with E-state index in [9.17, 15) is 9.59 Å². The maximum Gasteiger partial charge on any atom is 0.323 e. The topological polar surface area (TPSA) is 70.7 Å². The molecule has 2 aromatic carbocycles. The first-order valence-corrected chi connectivity index (χ1v) is 8.37. The lowest BCUT2D eigenvalue weighted by Gasteiger charge is -2.17. The van der Waals surface area contributed by atoms with E-state index in [0.717, 1.165) is 24.4 Å². The van der Waals surface area contributed by atoms with Gasteiger partial charge in [-0.2, -0.15) is 0 Å². The molecule has 0 aliphatic carbocycles. The van der Waals surface area contributed by atoms with Crippen LogP contribution in [0.3, 0.4) is 0 Å².